The summed E-state index contributed by atoms with van der Waals surface area (Å²) in [6.45, 7) is 1.44. The average Bonchev–Trinajstić information content (AvgIpc) is 2.81. The van der Waals surface area contributed by atoms with Crippen LogP contribution in [0.1, 0.15) is 22.3 Å². The number of benzene rings is 1. The predicted octanol–water partition coefficient (Wildman–Crippen LogP) is 4.33. The van der Waals surface area contributed by atoms with E-state index in [0.29, 0.717) is 16.5 Å². The van der Waals surface area contributed by atoms with Crippen molar-refractivity contribution in [2.24, 2.45) is 0 Å². The van der Waals surface area contributed by atoms with Gasteiger partial charge < -0.3 is 14.4 Å². The smallest absolute Gasteiger partial charge is 0.344 e. The Morgan fingerprint density at radius 2 is 2.00 bits per heavy atom. The molecule has 3 rings (SSSR count). The summed E-state index contributed by atoms with van der Waals surface area (Å²) in [7, 11) is 0. The van der Waals surface area contributed by atoms with E-state index in [1.165, 1.54) is 23.4 Å². The van der Waals surface area contributed by atoms with Gasteiger partial charge in [0.15, 0.2) is 6.61 Å². The number of hydrogen-bond donors (Lipinski definition) is 0. The van der Waals surface area contributed by atoms with Crippen molar-refractivity contribution < 1.29 is 19.1 Å². The van der Waals surface area contributed by atoms with Crippen molar-refractivity contribution in [1.29, 1.82) is 5.26 Å². The number of ether oxygens (including phenoxy) is 2. The van der Waals surface area contributed by atoms with Gasteiger partial charge in [-0.2, -0.15) is 5.26 Å². The molecule has 0 saturated carbocycles. The van der Waals surface area contributed by atoms with Gasteiger partial charge in [0.2, 0.25) is 5.88 Å². The Balaban J connectivity index is 1.72. The highest BCUT2D eigenvalue weighted by atomic mass is 35.5. The summed E-state index contributed by atoms with van der Waals surface area (Å²) in [6.07, 6.45) is 4.66. The highest BCUT2D eigenvalue weighted by Gasteiger charge is 2.21. The molecule has 0 fully saturated rings. The Morgan fingerprint density at radius 1 is 1.19 bits per heavy atom. The summed E-state index contributed by atoms with van der Waals surface area (Å²) in [5.41, 5.74) is 1.41. The van der Waals surface area contributed by atoms with E-state index >= 15 is 0 Å². The van der Waals surface area contributed by atoms with E-state index in [4.69, 9.17) is 26.3 Å². The third-order valence-corrected chi connectivity index (χ3v) is 4.79. The van der Waals surface area contributed by atoms with Gasteiger partial charge in [-0.15, -0.1) is 0 Å². The molecular formula is C23H19ClN4O4. The van der Waals surface area contributed by atoms with E-state index in [-0.39, 0.29) is 24.4 Å². The van der Waals surface area contributed by atoms with Gasteiger partial charge in [-0.1, -0.05) is 11.6 Å². The molecule has 3 aromatic rings. The zero-order valence-electron chi connectivity index (χ0n) is 17.2. The maximum absolute atomic E-state index is 12.8. The van der Waals surface area contributed by atoms with Gasteiger partial charge in [0.25, 0.3) is 5.91 Å². The number of esters is 1. The highest BCUT2D eigenvalue weighted by molar-refractivity contribution is 6.31. The summed E-state index contributed by atoms with van der Waals surface area (Å²) in [5.74, 6) is -0.809. The lowest BCUT2D eigenvalue weighted by Crippen LogP contribution is -2.35. The van der Waals surface area contributed by atoms with Crippen LogP contribution < -0.4 is 9.64 Å². The van der Waals surface area contributed by atoms with Crippen LogP contribution in [0, 0.1) is 18.3 Å². The second kappa shape index (κ2) is 10.9. The number of aryl methyl sites for hydroxylation is 1. The molecule has 2 aromatic heterocycles. The van der Waals surface area contributed by atoms with E-state index in [1.54, 1.807) is 42.6 Å². The third kappa shape index (κ3) is 5.80. The summed E-state index contributed by atoms with van der Waals surface area (Å²) >= 11 is 6.07. The van der Waals surface area contributed by atoms with E-state index in [1.807, 2.05) is 13.0 Å². The van der Waals surface area contributed by atoms with E-state index in [0.717, 1.165) is 5.56 Å². The first-order valence-electron chi connectivity index (χ1n) is 9.63. The summed E-state index contributed by atoms with van der Waals surface area (Å²) in [4.78, 5) is 34.8. The van der Waals surface area contributed by atoms with Crippen molar-refractivity contribution in [3.63, 3.8) is 0 Å². The largest absolute Gasteiger partial charge is 0.452 e. The van der Waals surface area contributed by atoms with Crippen molar-refractivity contribution in [2.75, 3.05) is 18.1 Å². The maximum Gasteiger partial charge on any atom is 0.344 e. The second-order valence-electron chi connectivity index (χ2n) is 6.61. The van der Waals surface area contributed by atoms with Crippen LogP contribution in [-0.2, 0) is 9.53 Å². The van der Waals surface area contributed by atoms with Crippen LogP contribution in [0.15, 0.2) is 61.1 Å². The minimum atomic E-state index is -0.766. The molecule has 0 saturated heterocycles. The zero-order chi connectivity index (χ0) is 22.9. The molecule has 0 radical (unpaired) electrons. The van der Waals surface area contributed by atoms with Crippen molar-refractivity contribution in [3.8, 4) is 17.7 Å². The number of carbonyl (C=O) groups is 2. The lowest BCUT2D eigenvalue weighted by atomic mass is 10.2. The van der Waals surface area contributed by atoms with Crippen molar-refractivity contribution in [1.82, 2.24) is 9.97 Å². The molecule has 0 aliphatic rings. The first kappa shape index (κ1) is 22.7. The number of carbonyl (C=O) groups excluding carboxylic acids is 2. The lowest BCUT2D eigenvalue weighted by Gasteiger charge is -2.22. The van der Waals surface area contributed by atoms with Crippen LogP contribution in [0.3, 0.4) is 0 Å². The molecule has 8 nitrogen and oxygen atoms in total. The molecule has 0 aliphatic carbocycles. The standard InChI is InChI=1S/C23H19ClN4O4/c1-16-13-17(7-8-20(16)24)28(12-4-9-25)21(29)15-31-23(30)19-6-3-11-27-22(19)32-18-5-2-10-26-14-18/h2-3,5-8,10-11,13-14H,4,12,15H2,1H3. The molecule has 2 heterocycles. The molecule has 32 heavy (non-hydrogen) atoms. The molecule has 9 heteroatoms. The number of hydrogen-bond acceptors (Lipinski definition) is 7. The molecule has 0 unspecified atom stereocenters. The number of nitriles is 1. The maximum atomic E-state index is 12.8. The SMILES string of the molecule is Cc1cc(N(CCC#N)C(=O)COC(=O)c2cccnc2Oc2cccnc2)ccc1Cl. The molecule has 162 valence electrons. The summed E-state index contributed by atoms with van der Waals surface area (Å²) in [6, 6.07) is 13.5. The van der Waals surface area contributed by atoms with Gasteiger partial charge in [-0.05, 0) is 55.0 Å². The number of anilines is 1. The van der Waals surface area contributed by atoms with Gasteiger partial charge in [0.1, 0.15) is 11.3 Å². The van der Waals surface area contributed by atoms with Crippen molar-refractivity contribution in [3.05, 3.63) is 77.2 Å². The van der Waals surface area contributed by atoms with Crippen LogP contribution >= 0.6 is 11.6 Å². The monoisotopic (exact) mass is 450 g/mol. The minimum Gasteiger partial charge on any atom is -0.452 e. The molecule has 1 aromatic carbocycles. The Hall–Kier alpha value is -3.96. The Labute approximate surface area is 190 Å². The Kier molecular flexibility index (Phi) is 7.73. The number of amides is 1. The lowest BCUT2D eigenvalue weighted by molar-refractivity contribution is -0.121. The third-order valence-electron chi connectivity index (χ3n) is 4.37. The van der Waals surface area contributed by atoms with Crippen molar-refractivity contribution in [2.45, 2.75) is 13.3 Å². The van der Waals surface area contributed by atoms with Gasteiger partial charge in [0.05, 0.1) is 18.7 Å². The molecule has 0 atom stereocenters. The normalized spacial score (nSPS) is 10.2. The minimum absolute atomic E-state index is 0.0348. The fourth-order valence-corrected chi connectivity index (χ4v) is 2.90. The van der Waals surface area contributed by atoms with Gasteiger partial charge in [-0.25, -0.2) is 9.78 Å². The molecule has 0 spiro atoms. The predicted molar refractivity (Wildman–Crippen MR) is 118 cm³/mol. The topological polar surface area (TPSA) is 105 Å². The number of aromatic nitrogens is 2. The van der Waals surface area contributed by atoms with E-state index < -0.39 is 18.5 Å². The van der Waals surface area contributed by atoms with E-state index in [2.05, 4.69) is 9.97 Å². The number of pyridine rings is 2. The van der Waals surface area contributed by atoms with Gasteiger partial charge in [-0.3, -0.25) is 9.78 Å². The number of halogens is 1. The van der Waals surface area contributed by atoms with Crippen LogP contribution in [-0.4, -0.2) is 35.0 Å². The molecular weight excluding hydrogens is 432 g/mol. The zero-order valence-corrected chi connectivity index (χ0v) is 18.0. The number of nitrogens with zero attached hydrogens (tertiary/aromatic N) is 4. The number of rotatable bonds is 8. The molecule has 0 bridgehead atoms. The van der Waals surface area contributed by atoms with Gasteiger partial charge in [0, 0.05) is 29.6 Å². The highest BCUT2D eigenvalue weighted by Crippen LogP contribution is 2.24. The van der Waals surface area contributed by atoms with Crippen LogP contribution in [0.2, 0.25) is 5.02 Å². The molecule has 0 aliphatic heterocycles. The van der Waals surface area contributed by atoms with Crippen molar-refractivity contribution >= 4 is 29.2 Å². The van der Waals surface area contributed by atoms with Crippen LogP contribution in [0.25, 0.3) is 0 Å². The second-order valence-corrected chi connectivity index (χ2v) is 7.02. The summed E-state index contributed by atoms with van der Waals surface area (Å²) < 4.78 is 10.8. The fourth-order valence-electron chi connectivity index (χ4n) is 2.79. The average molecular weight is 451 g/mol. The van der Waals surface area contributed by atoms with Crippen LogP contribution in [0.4, 0.5) is 5.69 Å². The summed E-state index contributed by atoms with van der Waals surface area (Å²) in [5, 5.41) is 9.50. The molecule has 0 N–H and O–H groups in total. The fraction of sp³-hybridized carbons (Fsp3) is 0.174. The first-order chi connectivity index (χ1) is 15.5. The Morgan fingerprint density at radius 3 is 2.72 bits per heavy atom. The van der Waals surface area contributed by atoms with Crippen LogP contribution in [0.5, 0.6) is 11.6 Å². The van der Waals surface area contributed by atoms with E-state index in [9.17, 15) is 9.59 Å². The quantitative estimate of drug-likeness (QED) is 0.470. The molecule has 1 amide bonds. The first-order valence-corrected chi connectivity index (χ1v) is 10.0. The Bertz CT molecular complexity index is 1150. The van der Waals surface area contributed by atoms with Gasteiger partial charge >= 0.3 is 5.97 Å².